The predicted molar refractivity (Wildman–Crippen MR) is 94.5 cm³/mol. The van der Waals surface area contributed by atoms with Gasteiger partial charge in [0.1, 0.15) is 6.04 Å². The number of nitrogens with zero attached hydrogens (tertiary/aromatic N) is 3. The van der Waals surface area contributed by atoms with Crippen LogP contribution in [0.1, 0.15) is 45.4 Å². The second-order valence-corrected chi connectivity index (χ2v) is 7.62. The van der Waals surface area contributed by atoms with Crippen LogP contribution >= 0.6 is 0 Å². The largest absolute Gasteiger partial charge is 0.338 e. The highest BCUT2D eigenvalue weighted by molar-refractivity contribution is 5.97. The number of unbranched alkanes of at least 4 members (excludes halogenated alkanes) is 1. The fourth-order valence-corrected chi connectivity index (χ4v) is 3.79. The molecule has 0 radical (unpaired) electrons. The minimum Gasteiger partial charge on any atom is -0.338 e. The first-order valence-electron chi connectivity index (χ1n) is 9.41. The summed E-state index contributed by atoms with van der Waals surface area (Å²) in [5, 5.41) is 16.3. The number of likely N-dealkylation sites (tertiary alicyclic amines) is 1. The van der Waals surface area contributed by atoms with Crippen molar-refractivity contribution in [1.82, 2.24) is 15.1 Å². The van der Waals surface area contributed by atoms with Gasteiger partial charge in [-0.25, -0.2) is 5.06 Å². The summed E-state index contributed by atoms with van der Waals surface area (Å²) < 4.78 is 4.93. The van der Waals surface area contributed by atoms with Crippen molar-refractivity contribution in [1.29, 1.82) is 0 Å². The molecule has 2 aliphatic rings. The van der Waals surface area contributed by atoms with Gasteiger partial charge in [0, 0.05) is 12.6 Å². The molecule has 148 valence electrons. The smallest absolute Gasteiger partial charge is 0.249 e. The summed E-state index contributed by atoms with van der Waals surface area (Å²) in [5.74, 6) is -0.774. The van der Waals surface area contributed by atoms with E-state index < -0.39 is 12.0 Å². The molecule has 1 saturated heterocycles. The Kier molecular flexibility index (Phi) is 5.79. The summed E-state index contributed by atoms with van der Waals surface area (Å²) in [7, 11) is 0. The minimum absolute atomic E-state index is 0.0257. The predicted octanol–water partition coefficient (Wildman–Crippen LogP) is 1.65. The van der Waals surface area contributed by atoms with Gasteiger partial charge in [-0.3, -0.25) is 24.9 Å². The van der Waals surface area contributed by atoms with Crippen LogP contribution in [-0.4, -0.2) is 57.7 Å². The van der Waals surface area contributed by atoms with E-state index in [-0.39, 0.29) is 29.7 Å². The molecule has 2 fully saturated rings. The first kappa shape index (κ1) is 19.3. The van der Waals surface area contributed by atoms with Crippen molar-refractivity contribution in [2.75, 3.05) is 18.4 Å². The molecule has 1 saturated carbocycles. The number of hydrogen-bond donors (Lipinski definition) is 2. The molecule has 1 aliphatic carbocycles. The summed E-state index contributed by atoms with van der Waals surface area (Å²) in [6, 6.07) is 0.960. The maximum atomic E-state index is 13.2. The van der Waals surface area contributed by atoms with Gasteiger partial charge in [0.05, 0.1) is 18.7 Å². The summed E-state index contributed by atoms with van der Waals surface area (Å²) in [6.07, 6.45) is 6.62. The number of amides is 3. The molecule has 9 nitrogen and oxygen atoms in total. The Bertz CT molecular complexity index is 673. The van der Waals surface area contributed by atoms with E-state index >= 15 is 0 Å². The van der Waals surface area contributed by atoms with Gasteiger partial charge >= 0.3 is 0 Å². The molecule has 3 rings (SSSR count). The molecule has 2 heterocycles. The van der Waals surface area contributed by atoms with Crippen LogP contribution in [0.2, 0.25) is 0 Å². The van der Waals surface area contributed by atoms with E-state index in [0.29, 0.717) is 30.9 Å². The normalized spacial score (nSPS) is 21.1. The first-order chi connectivity index (χ1) is 13.0. The van der Waals surface area contributed by atoms with E-state index in [2.05, 4.69) is 10.5 Å². The Morgan fingerprint density at radius 2 is 2.33 bits per heavy atom. The molecular weight excluding hydrogens is 352 g/mol. The van der Waals surface area contributed by atoms with E-state index in [1.54, 1.807) is 11.0 Å². The maximum Gasteiger partial charge on any atom is 0.249 e. The van der Waals surface area contributed by atoms with E-state index in [4.69, 9.17) is 4.52 Å². The molecule has 2 atom stereocenters. The second-order valence-electron chi connectivity index (χ2n) is 7.62. The van der Waals surface area contributed by atoms with Crippen molar-refractivity contribution in [3.8, 4) is 0 Å². The number of rotatable bonds is 9. The maximum absolute atomic E-state index is 13.2. The van der Waals surface area contributed by atoms with Crippen molar-refractivity contribution in [3.63, 3.8) is 0 Å². The van der Waals surface area contributed by atoms with E-state index in [1.165, 1.54) is 6.20 Å². The zero-order chi connectivity index (χ0) is 19.4. The van der Waals surface area contributed by atoms with Crippen LogP contribution in [0, 0.1) is 11.3 Å². The standard InChI is InChI=1S/C18H26N4O5/c1-2-3-4-13(10-21(26)12-23)17(25)22-11-18(6-7-18)9-14(22)16(24)20-15-5-8-19-27-15/h5,8,12-14,26H,2-4,6-7,9-11H2,1H3,(H,20,24). The second kappa shape index (κ2) is 8.08. The molecule has 2 unspecified atom stereocenters. The number of hydroxylamine groups is 2. The summed E-state index contributed by atoms with van der Waals surface area (Å²) in [5.41, 5.74) is 0.0257. The van der Waals surface area contributed by atoms with Crippen molar-refractivity contribution >= 4 is 24.1 Å². The van der Waals surface area contributed by atoms with Crippen LogP contribution in [0.3, 0.4) is 0 Å². The SMILES string of the molecule is CCCCC(CN(O)C=O)C(=O)N1CC2(CC2)CC1C(=O)Nc1ccno1. The molecule has 1 aromatic heterocycles. The number of hydrogen-bond acceptors (Lipinski definition) is 6. The van der Waals surface area contributed by atoms with Gasteiger partial charge in [-0.05, 0) is 31.1 Å². The average Bonchev–Trinajstić information content (AvgIpc) is 3.05. The molecule has 3 amide bonds. The quantitative estimate of drug-likeness (QED) is 0.383. The van der Waals surface area contributed by atoms with Gasteiger partial charge < -0.3 is 9.42 Å². The molecule has 1 spiro atoms. The highest BCUT2D eigenvalue weighted by Crippen LogP contribution is 2.55. The van der Waals surface area contributed by atoms with E-state index in [1.807, 2.05) is 6.92 Å². The van der Waals surface area contributed by atoms with Gasteiger partial charge in [-0.15, -0.1) is 0 Å². The highest BCUT2D eigenvalue weighted by Gasteiger charge is 2.55. The Labute approximate surface area is 157 Å². The summed E-state index contributed by atoms with van der Waals surface area (Å²) in [6.45, 7) is 2.48. The van der Waals surface area contributed by atoms with E-state index in [9.17, 15) is 19.6 Å². The van der Waals surface area contributed by atoms with Crippen LogP contribution in [0.15, 0.2) is 16.8 Å². The molecule has 27 heavy (non-hydrogen) atoms. The average molecular weight is 378 g/mol. The fraction of sp³-hybridized carbons (Fsp3) is 0.667. The van der Waals surface area contributed by atoms with Crippen molar-refractivity contribution in [2.24, 2.45) is 11.3 Å². The van der Waals surface area contributed by atoms with Gasteiger partial charge in [0.15, 0.2) is 0 Å². The van der Waals surface area contributed by atoms with Crippen LogP contribution < -0.4 is 5.32 Å². The topological polar surface area (TPSA) is 116 Å². The first-order valence-corrected chi connectivity index (χ1v) is 9.41. The molecular formula is C18H26N4O5. The molecule has 1 aromatic rings. The number of anilines is 1. The van der Waals surface area contributed by atoms with Crippen LogP contribution in [0.5, 0.6) is 0 Å². The fourth-order valence-electron chi connectivity index (χ4n) is 3.79. The lowest BCUT2D eigenvalue weighted by Gasteiger charge is -2.29. The Morgan fingerprint density at radius 1 is 1.56 bits per heavy atom. The van der Waals surface area contributed by atoms with Crippen LogP contribution in [-0.2, 0) is 14.4 Å². The summed E-state index contributed by atoms with van der Waals surface area (Å²) in [4.78, 5) is 38.4. The van der Waals surface area contributed by atoms with Gasteiger partial charge in [-0.2, -0.15) is 0 Å². The Morgan fingerprint density at radius 3 is 2.93 bits per heavy atom. The van der Waals surface area contributed by atoms with Crippen molar-refractivity contribution < 1.29 is 24.1 Å². The van der Waals surface area contributed by atoms with Crippen molar-refractivity contribution in [3.05, 3.63) is 12.3 Å². The Balaban J connectivity index is 1.74. The van der Waals surface area contributed by atoms with Gasteiger partial charge in [0.2, 0.25) is 24.1 Å². The zero-order valence-corrected chi connectivity index (χ0v) is 15.5. The summed E-state index contributed by atoms with van der Waals surface area (Å²) >= 11 is 0. The third-order valence-corrected chi connectivity index (χ3v) is 5.52. The Hall–Kier alpha value is -2.42. The number of nitrogens with one attached hydrogen (secondary N) is 1. The number of aromatic nitrogens is 1. The molecule has 2 N–H and O–H groups in total. The lowest BCUT2D eigenvalue weighted by Crippen LogP contribution is -2.47. The monoisotopic (exact) mass is 378 g/mol. The number of carbonyl (C=O) groups excluding carboxylic acids is 3. The molecule has 0 bridgehead atoms. The van der Waals surface area contributed by atoms with E-state index in [0.717, 1.165) is 25.7 Å². The van der Waals surface area contributed by atoms with Crippen LogP contribution in [0.25, 0.3) is 0 Å². The van der Waals surface area contributed by atoms with Crippen molar-refractivity contribution in [2.45, 2.75) is 51.5 Å². The third-order valence-electron chi connectivity index (χ3n) is 5.52. The minimum atomic E-state index is -0.586. The van der Waals surface area contributed by atoms with Gasteiger partial charge in [0.25, 0.3) is 0 Å². The lowest BCUT2D eigenvalue weighted by atomic mass is 9.99. The van der Waals surface area contributed by atoms with Gasteiger partial charge in [-0.1, -0.05) is 24.9 Å². The third kappa shape index (κ3) is 4.47. The molecule has 1 aliphatic heterocycles. The molecule has 9 heteroatoms. The number of carbonyl (C=O) groups is 3. The van der Waals surface area contributed by atoms with Crippen LogP contribution in [0.4, 0.5) is 5.88 Å². The zero-order valence-electron chi connectivity index (χ0n) is 15.5. The highest BCUT2D eigenvalue weighted by atomic mass is 16.5. The lowest BCUT2D eigenvalue weighted by molar-refractivity contribution is -0.157. The molecule has 0 aromatic carbocycles.